The molecule has 11 heavy (non-hydrogen) atoms. The first-order valence-electron chi connectivity index (χ1n) is 4.52. The van der Waals surface area contributed by atoms with Crippen molar-refractivity contribution in [2.75, 3.05) is 18.1 Å². The molecule has 2 atom stereocenters. The van der Waals surface area contributed by atoms with E-state index in [1.165, 1.54) is 24.3 Å². The normalized spacial score (nSPS) is 32.2. The molecule has 0 aliphatic carbocycles. The van der Waals surface area contributed by atoms with E-state index in [1.807, 2.05) is 0 Å². The number of ether oxygens (including phenoxy) is 1. The zero-order chi connectivity index (χ0) is 8.10. The fourth-order valence-electron chi connectivity index (χ4n) is 1.53. The quantitative estimate of drug-likeness (QED) is 0.650. The van der Waals surface area contributed by atoms with E-state index in [4.69, 9.17) is 4.74 Å². The second-order valence-corrected chi connectivity index (χ2v) is 4.55. The van der Waals surface area contributed by atoms with E-state index in [0.29, 0.717) is 6.10 Å². The Hall–Kier alpha value is 0.310. The van der Waals surface area contributed by atoms with Crippen LogP contribution in [0, 0.1) is 5.92 Å². The predicted molar refractivity (Wildman–Crippen MR) is 51.1 cm³/mol. The highest BCUT2D eigenvalue weighted by atomic mass is 32.2. The van der Waals surface area contributed by atoms with Gasteiger partial charge in [0.15, 0.2) is 0 Å². The summed E-state index contributed by atoms with van der Waals surface area (Å²) in [5.41, 5.74) is 0. The Labute approximate surface area is 73.9 Å². The largest absolute Gasteiger partial charge is 0.378 e. The van der Waals surface area contributed by atoms with Crippen molar-refractivity contribution in [3.8, 4) is 0 Å². The minimum atomic E-state index is 0.506. The Morgan fingerprint density at radius 1 is 1.55 bits per heavy atom. The molecule has 0 aromatic heterocycles. The van der Waals surface area contributed by atoms with E-state index in [1.54, 1.807) is 0 Å². The van der Waals surface area contributed by atoms with Gasteiger partial charge in [-0.05, 0) is 37.2 Å². The molecule has 0 aromatic rings. The van der Waals surface area contributed by atoms with Crippen molar-refractivity contribution in [3.63, 3.8) is 0 Å². The van der Waals surface area contributed by atoms with Crippen LogP contribution in [0.5, 0.6) is 0 Å². The van der Waals surface area contributed by atoms with Crippen LogP contribution >= 0.6 is 11.8 Å². The smallest absolute Gasteiger partial charge is 0.0549 e. The highest BCUT2D eigenvalue weighted by Crippen LogP contribution is 2.23. The minimum Gasteiger partial charge on any atom is -0.378 e. The van der Waals surface area contributed by atoms with Gasteiger partial charge in [-0.3, -0.25) is 0 Å². The Kier molecular flexibility index (Phi) is 4.31. The average molecular weight is 174 g/mol. The fraction of sp³-hybridized carbons (Fsp3) is 1.00. The molecular formula is C9H18OS. The average Bonchev–Trinajstić information content (AvgIpc) is 2.01. The summed E-state index contributed by atoms with van der Waals surface area (Å²) in [5.74, 6) is 3.51. The Balaban J connectivity index is 2.12. The number of hydrogen-bond acceptors (Lipinski definition) is 2. The monoisotopic (exact) mass is 174 g/mol. The lowest BCUT2D eigenvalue weighted by molar-refractivity contribution is 0.00783. The first-order valence-corrected chi connectivity index (χ1v) is 5.67. The molecule has 66 valence electrons. The molecule has 1 saturated heterocycles. The molecular weight excluding hydrogens is 156 g/mol. The van der Waals surface area contributed by atoms with Gasteiger partial charge in [-0.15, -0.1) is 0 Å². The van der Waals surface area contributed by atoms with Crippen LogP contribution in [0.15, 0.2) is 0 Å². The summed E-state index contributed by atoms with van der Waals surface area (Å²) in [5, 5.41) is 0. The van der Waals surface area contributed by atoms with Crippen LogP contribution in [-0.2, 0) is 4.74 Å². The highest BCUT2D eigenvalue weighted by molar-refractivity contribution is 7.99. The molecule has 0 radical (unpaired) electrons. The minimum absolute atomic E-state index is 0.506. The van der Waals surface area contributed by atoms with Crippen LogP contribution in [0.25, 0.3) is 0 Å². The van der Waals surface area contributed by atoms with Gasteiger partial charge in [-0.2, -0.15) is 11.8 Å². The zero-order valence-electron chi connectivity index (χ0n) is 7.51. The van der Waals surface area contributed by atoms with Gasteiger partial charge in [0.1, 0.15) is 0 Å². The Morgan fingerprint density at radius 2 is 2.36 bits per heavy atom. The lowest BCUT2D eigenvalue weighted by Gasteiger charge is -2.26. The van der Waals surface area contributed by atoms with E-state index in [0.717, 1.165) is 12.5 Å². The lowest BCUT2D eigenvalue weighted by atomic mass is 9.98. The SMILES string of the molecule is CCSCC1CCOC(C)C1. The molecule has 2 unspecified atom stereocenters. The number of rotatable bonds is 3. The van der Waals surface area contributed by atoms with Crippen molar-refractivity contribution in [2.24, 2.45) is 5.92 Å². The van der Waals surface area contributed by atoms with Crippen molar-refractivity contribution in [1.29, 1.82) is 0 Å². The van der Waals surface area contributed by atoms with E-state index >= 15 is 0 Å². The van der Waals surface area contributed by atoms with Crippen LogP contribution in [0.3, 0.4) is 0 Å². The molecule has 1 rings (SSSR count). The molecule has 0 spiro atoms. The molecule has 0 bridgehead atoms. The van der Waals surface area contributed by atoms with Gasteiger partial charge >= 0.3 is 0 Å². The van der Waals surface area contributed by atoms with Crippen molar-refractivity contribution >= 4 is 11.8 Å². The summed E-state index contributed by atoms with van der Waals surface area (Å²) in [7, 11) is 0. The maximum Gasteiger partial charge on any atom is 0.0549 e. The first kappa shape index (κ1) is 9.40. The van der Waals surface area contributed by atoms with Crippen molar-refractivity contribution in [3.05, 3.63) is 0 Å². The molecule has 1 heterocycles. The third kappa shape index (κ3) is 3.48. The summed E-state index contributed by atoms with van der Waals surface area (Å²) in [6.45, 7) is 5.40. The van der Waals surface area contributed by atoms with Crippen molar-refractivity contribution < 1.29 is 4.74 Å². The van der Waals surface area contributed by atoms with Crippen LogP contribution in [0.2, 0.25) is 0 Å². The molecule has 1 aliphatic heterocycles. The number of hydrogen-bond donors (Lipinski definition) is 0. The van der Waals surface area contributed by atoms with Gasteiger partial charge in [0.2, 0.25) is 0 Å². The molecule has 1 fully saturated rings. The maximum absolute atomic E-state index is 5.48. The number of thioether (sulfide) groups is 1. The van der Waals surface area contributed by atoms with E-state index in [-0.39, 0.29) is 0 Å². The van der Waals surface area contributed by atoms with Crippen LogP contribution < -0.4 is 0 Å². The summed E-state index contributed by atoms with van der Waals surface area (Å²) in [4.78, 5) is 0. The van der Waals surface area contributed by atoms with Gasteiger partial charge < -0.3 is 4.74 Å². The first-order chi connectivity index (χ1) is 5.33. The fourth-order valence-corrected chi connectivity index (χ4v) is 2.40. The van der Waals surface area contributed by atoms with Crippen molar-refractivity contribution in [1.82, 2.24) is 0 Å². The van der Waals surface area contributed by atoms with Gasteiger partial charge in [-0.25, -0.2) is 0 Å². The Bertz CT molecular complexity index is 106. The molecule has 1 nitrogen and oxygen atoms in total. The molecule has 0 N–H and O–H groups in total. The van der Waals surface area contributed by atoms with Crippen LogP contribution in [-0.4, -0.2) is 24.2 Å². The topological polar surface area (TPSA) is 9.23 Å². The third-order valence-electron chi connectivity index (χ3n) is 2.15. The summed E-state index contributed by atoms with van der Waals surface area (Å²) in [6.07, 6.45) is 3.05. The standard InChI is InChI=1S/C9H18OS/c1-3-11-7-9-4-5-10-8(2)6-9/h8-9H,3-7H2,1-2H3. The molecule has 1 aliphatic rings. The Morgan fingerprint density at radius 3 is 3.00 bits per heavy atom. The lowest BCUT2D eigenvalue weighted by Crippen LogP contribution is -2.24. The van der Waals surface area contributed by atoms with E-state index in [9.17, 15) is 0 Å². The summed E-state index contributed by atoms with van der Waals surface area (Å²) >= 11 is 2.06. The van der Waals surface area contributed by atoms with Crippen LogP contribution in [0.4, 0.5) is 0 Å². The molecule has 0 amide bonds. The summed E-state index contributed by atoms with van der Waals surface area (Å²) in [6, 6.07) is 0. The second kappa shape index (κ2) is 5.04. The molecule has 2 heteroatoms. The molecule has 0 saturated carbocycles. The highest BCUT2D eigenvalue weighted by Gasteiger charge is 2.18. The van der Waals surface area contributed by atoms with Gasteiger partial charge in [-0.1, -0.05) is 6.92 Å². The zero-order valence-corrected chi connectivity index (χ0v) is 8.32. The van der Waals surface area contributed by atoms with E-state index < -0.39 is 0 Å². The maximum atomic E-state index is 5.48. The summed E-state index contributed by atoms with van der Waals surface area (Å²) < 4.78 is 5.48. The van der Waals surface area contributed by atoms with Gasteiger partial charge in [0.05, 0.1) is 6.10 Å². The molecule has 0 aromatic carbocycles. The van der Waals surface area contributed by atoms with Gasteiger partial charge in [0.25, 0.3) is 0 Å². The van der Waals surface area contributed by atoms with Gasteiger partial charge in [0, 0.05) is 6.61 Å². The predicted octanol–water partition coefficient (Wildman–Crippen LogP) is 2.55. The van der Waals surface area contributed by atoms with Crippen LogP contribution in [0.1, 0.15) is 26.7 Å². The third-order valence-corrected chi connectivity index (χ3v) is 3.27. The van der Waals surface area contributed by atoms with Crippen molar-refractivity contribution in [2.45, 2.75) is 32.8 Å². The second-order valence-electron chi connectivity index (χ2n) is 3.23. The van der Waals surface area contributed by atoms with E-state index in [2.05, 4.69) is 25.6 Å².